The van der Waals surface area contributed by atoms with Crippen molar-refractivity contribution in [2.75, 3.05) is 19.7 Å². The summed E-state index contributed by atoms with van der Waals surface area (Å²) >= 11 is 7.62. The Morgan fingerprint density at radius 3 is 2.71 bits per heavy atom. The minimum atomic E-state index is -0.542. The molecule has 2 aromatic rings. The molecule has 0 saturated carbocycles. The van der Waals surface area contributed by atoms with Crippen molar-refractivity contribution in [2.24, 2.45) is 0 Å². The summed E-state index contributed by atoms with van der Waals surface area (Å²) in [5.41, 5.74) is 1.05. The Morgan fingerprint density at radius 1 is 1.33 bits per heavy atom. The largest absolute Gasteiger partial charge is 0.389 e. The lowest BCUT2D eigenvalue weighted by molar-refractivity contribution is -0.0153. The molecule has 0 aliphatic heterocycles. The number of hydrogen-bond donors (Lipinski definition) is 1. The van der Waals surface area contributed by atoms with Crippen molar-refractivity contribution in [2.45, 2.75) is 25.7 Å². The van der Waals surface area contributed by atoms with E-state index in [0.717, 1.165) is 18.7 Å². The highest BCUT2D eigenvalue weighted by Crippen LogP contribution is 2.19. The van der Waals surface area contributed by atoms with Crippen molar-refractivity contribution in [3.63, 3.8) is 0 Å². The molecular formula is C19H24ClNO2S. The molecule has 2 rings (SSSR count). The normalized spacial score (nSPS) is 13.8. The van der Waals surface area contributed by atoms with Gasteiger partial charge in [-0.3, -0.25) is 4.90 Å². The first-order valence-electron chi connectivity index (χ1n) is 7.99. The van der Waals surface area contributed by atoms with Crippen molar-refractivity contribution < 1.29 is 9.84 Å². The maximum atomic E-state index is 10.3. The van der Waals surface area contributed by atoms with Gasteiger partial charge in [0, 0.05) is 29.5 Å². The highest BCUT2D eigenvalue weighted by molar-refractivity contribution is 7.09. The second-order valence-corrected chi connectivity index (χ2v) is 7.21. The van der Waals surface area contributed by atoms with Crippen LogP contribution in [0, 0.1) is 0 Å². The molecule has 0 bridgehead atoms. The highest BCUT2D eigenvalue weighted by Gasteiger charge is 2.14. The Labute approximate surface area is 153 Å². The second-order valence-electron chi connectivity index (χ2n) is 5.74. The van der Waals surface area contributed by atoms with E-state index in [2.05, 4.69) is 22.9 Å². The van der Waals surface area contributed by atoms with Gasteiger partial charge in [-0.25, -0.2) is 0 Å². The van der Waals surface area contributed by atoms with E-state index in [4.69, 9.17) is 16.3 Å². The Bertz CT molecular complexity index is 600. The van der Waals surface area contributed by atoms with Gasteiger partial charge in [-0.1, -0.05) is 35.9 Å². The average Bonchev–Trinajstić information content (AvgIpc) is 3.06. The van der Waals surface area contributed by atoms with Gasteiger partial charge in [0.2, 0.25) is 0 Å². The minimum absolute atomic E-state index is 0.0814. The molecule has 0 aliphatic carbocycles. The third kappa shape index (κ3) is 6.38. The zero-order valence-electron chi connectivity index (χ0n) is 13.9. The van der Waals surface area contributed by atoms with E-state index in [1.165, 1.54) is 4.88 Å². The summed E-state index contributed by atoms with van der Waals surface area (Å²) in [5.74, 6) is 0. The Balaban J connectivity index is 1.80. The molecule has 130 valence electrons. The summed E-state index contributed by atoms with van der Waals surface area (Å²) in [7, 11) is 0. The van der Waals surface area contributed by atoms with Gasteiger partial charge in [0.25, 0.3) is 0 Å². The van der Waals surface area contributed by atoms with Crippen LogP contribution in [0.25, 0.3) is 0 Å². The zero-order chi connectivity index (χ0) is 17.4. The molecule has 24 heavy (non-hydrogen) atoms. The summed E-state index contributed by atoms with van der Waals surface area (Å²) in [4.78, 5) is 3.44. The predicted molar refractivity (Wildman–Crippen MR) is 102 cm³/mol. The number of halogens is 1. The predicted octanol–water partition coefficient (Wildman–Crippen LogP) is 4.53. The van der Waals surface area contributed by atoms with Crippen LogP contribution in [0.5, 0.6) is 0 Å². The SMILES string of the molecule is C=CCN(Cc1cccs1)CC(O)COC(C)c1ccc(Cl)cc1. The fourth-order valence-electron chi connectivity index (χ4n) is 2.45. The monoisotopic (exact) mass is 365 g/mol. The number of aliphatic hydroxyl groups is 1. The summed E-state index contributed by atoms with van der Waals surface area (Å²) < 4.78 is 5.80. The maximum Gasteiger partial charge on any atom is 0.0900 e. The zero-order valence-corrected chi connectivity index (χ0v) is 15.5. The summed E-state index contributed by atoms with van der Waals surface area (Å²) in [5, 5.41) is 13.1. The van der Waals surface area contributed by atoms with E-state index in [0.29, 0.717) is 18.2 Å². The van der Waals surface area contributed by atoms with E-state index in [-0.39, 0.29) is 6.10 Å². The van der Waals surface area contributed by atoms with Gasteiger partial charge >= 0.3 is 0 Å². The molecule has 0 spiro atoms. The molecule has 1 heterocycles. The lowest BCUT2D eigenvalue weighted by Gasteiger charge is -2.24. The third-order valence-corrected chi connectivity index (χ3v) is 4.81. The molecule has 1 N–H and O–H groups in total. The van der Waals surface area contributed by atoms with Crippen molar-refractivity contribution in [1.82, 2.24) is 4.90 Å². The van der Waals surface area contributed by atoms with Crippen LogP contribution in [0.15, 0.2) is 54.4 Å². The van der Waals surface area contributed by atoms with E-state index < -0.39 is 6.10 Å². The van der Waals surface area contributed by atoms with Crippen LogP contribution in [0.1, 0.15) is 23.5 Å². The minimum Gasteiger partial charge on any atom is -0.389 e. The smallest absolute Gasteiger partial charge is 0.0900 e. The molecule has 0 aliphatic rings. The first kappa shape index (κ1) is 19.2. The molecule has 1 aromatic heterocycles. The van der Waals surface area contributed by atoms with Crippen LogP contribution >= 0.6 is 22.9 Å². The fraction of sp³-hybridized carbons (Fsp3) is 0.368. The number of thiophene rings is 1. The Kier molecular flexibility index (Phi) is 7.95. The van der Waals surface area contributed by atoms with Gasteiger partial charge in [0.15, 0.2) is 0 Å². The van der Waals surface area contributed by atoms with Crippen LogP contribution in [0.2, 0.25) is 5.02 Å². The van der Waals surface area contributed by atoms with Crippen LogP contribution in [-0.2, 0) is 11.3 Å². The van der Waals surface area contributed by atoms with Crippen molar-refractivity contribution in [3.05, 3.63) is 69.9 Å². The standard InChI is InChI=1S/C19H24ClNO2S/c1-3-10-21(13-19-5-4-11-24-19)12-18(22)14-23-15(2)16-6-8-17(20)9-7-16/h3-9,11,15,18,22H,1,10,12-14H2,2H3. The van der Waals surface area contributed by atoms with Gasteiger partial charge in [0.1, 0.15) is 0 Å². The molecule has 5 heteroatoms. The summed E-state index contributed by atoms with van der Waals surface area (Å²) in [6, 6.07) is 11.7. The average molecular weight is 366 g/mol. The number of aliphatic hydroxyl groups excluding tert-OH is 1. The van der Waals surface area contributed by atoms with Crippen molar-refractivity contribution in [1.29, 1.82) is 0 Å². The van der Waals surface area contributed by atoms with Crippen LogP contribution in [0.4, 0.5) is 0 Å². The quantitative estimate of drug-likeness (QED) is 0.628. The summed E-state index contributed by atoms with van der Waals surface area (Å²) in [6.45, 7) is 8.17. The summed E-state index contributed by atoms with van der Waals surface area (Å²) in [6.07, 6.45) is 1.24. The van der Waals surface area contributed by atoms with Crippen molar-refractivity contribution in [3.8, 4) is 0 Å². The van der Waals surface area contributed by atoms with Gasteiger partial charge in [-0.05, 0) is 36.1 Å². The molecule has 0 amide bonds. The van der Waals surface area contributed by atoms with Crippen molar-refractivity contribution >= 4 is 22.9 Å². The molecular weight excluding hydrogens is 342 g/mol. The number of rotatable bonds is 10. The van der Waals surface area contributed by atoms with Crippen LogP contribution in [-0.4, -0.2) is 35.8 Å². The second kappa shape index (κ2) is 9.97. The topological polar surface area (TPSA) is 32.7 Å². The maximum absolute atomic E-state index is 10.3. The first-order valence-corrected chi connectivity index (χ1v) is 9.25. The van der Waals surface area contributed by atoms with Gasteiger partial charge in [-0.15, -0.1) is 17.9 Å². The highest BCUT2D eigenvalue weighted by atomic mass is 35.5. The van der Waals surface area contributed by atoms with E-state index in [1.807, 2.05) is 43.3 Å². The van der Waals surface area contributed by atoms with Crippen LogP contribution in [0.3, 0.4) is 0 Å². The number of nitrogens with zero attached hydrogens (tertiary/aromatic N) is 1. The Morgan fingerprint density at radius 2 is 2.08 bits per heavy atom. The van der Waals surface area contributed by atoms with Gasteiger partial charge < -0.3 is 9.84 Å². The van der Waals surface area contributed by atoms with E-state index in [9.17, 15) is 5.11 Å². The first-order chi connectivity index (χ1) is 11.6. The third-order valence-electron chi connectivity index (χ3n) is 3.69. The molecule has 3 nitrogen and oxygen atoms in total. The number of ether oxygens (including phenoxy) is 1. The molecule has 1 aromatic carbocycles. The van der Waals surface area contributed by atoms with E-state index in [1.54, 1.807) is 11.3 Å². The van der Waals surface area contributed by atoms with Gasteiger partial charge in [0.05, 0.1) is 18.8 Å². The molecule has 0 radical (unpaired) electrons. The lowest BCUT2D eigenvalue weighted by Crippen LogP contribution is -2.34. The molecule has 0 saturated heterocycles. The van der Waals surface area contributed by atoms with Gasteiger partial charge in [-0.2, -0.15) is 0 Å². The Hall–Kier alpha value is -1.17. The number of benzene rings is 1. The van der Waals surface area contributed by atoms with Crippen LogP contribution < -0.4 is 0 Å². The lowest BCUT2D eigenvalue weighted by atomic mass is 10.1. The molecule has 0 fully saturated rings. The molecule has 2 unspecified atom stereocenters. The molecule has 2 atom stereocenters. The number of hydrogen-bond acceptors (Lipinski definition) is 4. The van der Waals surface area contributed by atoms with E-state index >= 15 is 0 Å². The fourth-order valence-corrected chi connectivity index (χ4v) is 3.32.